The van der Waals surface area contributed by atoms with Gasteiger partial charge in [-0.2, -0.15) is 0 Å². The van der Waals surface area contributed by atoms with Crippen LogP contribution in [0.5, 0.6) is 0 Å². The van der Waals surface area contributed by atoms with Crippen molar-refractivity contribution >= 4 is 16.8 Å². The predicted molar refractivity (Wildman–Crippen MR) is 116 cm³/mol. The maximum atomic E-state index is 6.23. The van der Waals surface area contributed by atoms with Gasteiger partial charge in [-0.3, -0.25) is 0 Å². The van der Waals surface area contributed by atoms with Crippen molar-refractivity contribution in [3.8, 4) is 0 Å². The molecule has 4 aliphatic carbocycles. The lowest BCUT2D eigenvalue weighted by Crippen LogP contribution is -2.62. The van der Waals surface area contributed by atoms with E-state index in [0.717, 1.165) is 29.3 Å². The molecule has 1 aromatic carbocycles. The zero-order valence-electron chi connectivity index (χ0n) is 17.7. The van der Waals surface area contributed by atoms with Crippen LogP contribution in [0.2, 0.25) is 0 Å². The second-order valence-corrected chi connectivity index (χ2v) is 10.4. The molecule has 4 saturated carbocycles. The van der Waals surface area contributed by atoms with Crippen LogP contribution in [0.25, 0.3) is 11.1 Å². The normalized spacial score (nSPS) is 37.2. The third-order valence-corrected chi connectivity index (χ3v) is 9.19. The molecule has 3 heterocycles. The van der Waals surface area contributed by atoms with Crippen molar-refractivity contribution in [2.75, 3.05) is 4.90 Å². The second kappa shape index (κ2) is 5.30. The molecule has 1 spiro atoms. The highest BCUT2D eigenvalue weighted by Gasteiger charge is 2.66. The molecule has 1 atom stereocenters. The molecule has 8 rings (SSSR count). The molecule has 1 aliphatic heterocycles. The van der Waals surface area contributed by atoms with Crippen LogP contribution in [0.4, 0.5) is 5.69 Å². The minimum Gasteiger partial charge on any atom is -0.462 e. The van der Waals surface area contributed by atoms with E-state index in [1.54, 1.807) is 5.56 Å². The van der Waals surface area contributed by atoms with Crippen molar-refractivity contribution in [1.82, 2.24) is 4.57 Å². The Hall–Kier alpha value is -2.16. The summed E-state index contributed by atoms with van der Waals surface area (Å²) in [6, 6.07) is 11.6. The Morgan fingerprint density at radius 1 is 0.966 bits per heavy atom. The number of hydrogen-bond donors (Lipinski definition) is 0. The fourth-order valence-electron chi connectivity index (χ4n) is 8.55. The number of para-hydroxylation sites is 1. The van der Waals surface area contributed by atoms with Gasteiger partial charge in [0.1, 0.15) is 0 Å². The first kappa shape index (κ1) is 16.6. The van der Waals surface area contributed by atoms with Gasteiger partial charge in [-0.15, -0.1) is 0 Å². The van der Waals surface area contributed by atoms with Gasteiger partial charge in [-0.05, 0) is 81.3 Å². The lowest BCUT2D eigenvalue weighted by molar-refractivity contribution is -0.0599. The first-order valence-electron chi connectivity index (χ1n) is 11.5. The van der Waals surface area contributed by atoms with Crippen molar-refractivity contribution in [3.05, 3.63) is 53.4 Å². The molecule has 0 N–H and O–H groups in total. The summed E-state index contributed by atoms with van der Waals surface area (Å²) >= 11 is 0. The lowest BCUT2D eigenvalue weighted by atomic mass is 9.47. The summed E-state index contributed by atoms with van der Waals surface area (Å²) < 4.78 is 8.66. The summed E-state index contributed by atoms with van der Waals surface area (Å²) in [6.07, 6.45) is 8.99. The number of aryl methyl sites for hydroxylation is 2. The average molecular weight is 387 g/mol. The van der Waals surface area contributed by atoms with Crippen LogP contribution in [-0.4, -0.2) is 4.57 Å². The third-order valence-electron chi connectivity index (χ3n) is 9.19. The summed E-state index contributed by atoms with van der Waals surface area (Å²) in [5, 5.41) is 0. The van der Waals surface area contributed by atoms with E-state index in [-0.39, 0.29) is 5.54 Å². The van der Waals surface area contributed by atoms with Crippen molar-refractivity contribution in [2.45, 2.75) is 57.5 Å². The van der Waals surface area contributed by atoms with E-state index >= 15 is 0 Å². The van der Waals surface area contributed by atoms with Gasteiger partial charge in [-0.1, -0.05) is 18.2 Å². The molecule has 3 heteroatoms. The summed E-state index contributed by atoms with van der Waals surface area (Å²) in [6.45, 7) is 4.72. The number of anilines is 1. The summed E-state index contributed by atoms with van der Waals surface area (Å²) in [5.74, 6) is 3.41. The summed E-state index contributed by atoms with van der Waals surface area (Å²) in [5.41, 5.74) is 8.42. The number of aromatic nitrogens is 1. The smallest absolute Gasteiger partial charge is 0.157 e. The summed E-state index contributed by atoms with van der Waals surface area (Å²) in [4.78, 5) is 2.86. The largest absolute Gasteiger partial charge is 0.462 e. The quantitative estimate of drug-likeness (QED) is 0.488. The SMILES string of the molecule is Cc1ccccc1N1[C@@H](C)c2c(c3occc3n2C)C12C1CC3CC(C1)CC2C3. The molecule has 3 aromatic rings. The predicted octanol–water partition coefficient (Wildman–Crippen LogP) is 6.31. The molecule has 3 nitrogen and oxygen atoms in total. The molecular formula is C26H30N2O. The van der Waals surface area contributed by atoms with Gasteiger partial charge in [0.15, 0.2) is 5.58 Å². The lowest BCUT2D eigenvalue weighted by Gasteiger charge is -2.63. The molecular weight excluding hydrogens is 356 g/mol. The van der Waals surface area contributed by atoms with Crippen molar-refractivity contribution < 1.29 is 4.42 Å². The van der Waals surface area contributed by atoms with E-state index in [1.807, 2.05) is 6.26 Å². The van der Waals surface area contributed by atoms with Crippen molar-refractivity contribution in [2.24, 2.45) is 30.7 Å². The molecule has 4 fully saturated rings. The van der Waals surface area contributed by atoms with Gasteiger partial charge in [0.25, 0.3) is 0 Å². The molecule has 2 aromatic heterocycles. The molecule has 0 radical (unpaired) electrons. The van der Waals surface area contributed by atoms with E-state index < -0.39 is 0 Å². The Morgan fingerprint density at radius 2 is 1.66 bits per heavy atom. The molecule has 0 unspecified atom stereocenters. The Kier molecular flexibility index (Phi) is 3.04. The highest BCUT2D eigenvalue weighted by Crippen LogP contribution is 2.70. The topological polar surface area (TPSA) is 21.3 Å². The van der Waals surface area contributed by atoms with Crippen LogP contribution < -0.4 is 4.90 Å². The molecule has 29 heavy (non-hydrogen) atoms. The average Bonchev–Trinajstić information content (AvgIpc) is 3.34. The Bertz CT molecular complexity index is 1110. The minimum atomic E-state index is 0.103. The Balaban J connectivity index is 1.57. The van der Waals surface area contributed by atoms with Gasteiger partial charge in [0.05, 0.1) is 23.4 Å². The number of fused-ring (bicyclic) bond motifs is 3. The van der Waals surface area contributed by atoms with Crippen LogP contribution in [0.3, 0.4) is 0 Å². The fourth-order valence-corrected chi connectivity index (χ4v) is 8.55. The standard InChI is InChI=1S/C26H30N2O/c1-15-6-4-5-7-21(15)28-16(2)24-23(25-22(27(24)3)8-9-29-25)26(28)19-11-17-10-18(13-19)14-20(26)12-17/h4-9,16-20H,10-14H2,1-3H3/t16-,17?,18?,19?,20?,26?/m0/s1. The van der Waals surface area contributed by atoms with Gasteiger partial charge in [0.2, 0.25) is 0 Å². The molecule has 5 aliphatic rings. The van der Waals surface area contributed by atoms with E-state index in [0.29, 0.717) is 6.04 Å². The van der Waals surface area contributed by atoms with E-state index in [2.05, 4.69) is 60.7 Å². The van der Waals surface area contributed by atoms with Crippen LogP contribution in [0, 0.1) is 30.6 Å². The van der Waals surface area contributed by atoms with Crippen molar-refractivity contribution in [3.63, 3.8) is 0 Å². The number of furan rings is 1. The first-order chi connectivity index (χ1) is 14.1. The van der Waals surface area contributed by atoms with Crippen LogP contribution in [-0.2, 0) is 12.6 Å². The summed E-state index contributed by atoms with van der Waals surface area (Å²) in [7, 11) is 2.25. The van der Waals surface area contributed by atoms with Crippen LogP contribution >= 0.6 is 0 Å². The number of rotatable bonds is 1. The molecule has 150 valence electrons. The maximum absolute atomic E-state index is 6.23. The molecule has 4 bridgehead atoms. The van der Waals surface area contributed by atoms with Crippen LogP contribution in [0.1, 0.15) is 61.9 Å². The van der Waals surface area contributed by atoms with Gasteiger partial charge < -0.3 is 13.9 Å². The zero-order chi connectivity index (χ0) is 19.5. The zero-order valence-corrected chi connectivity index (χ0v) is 17.7. The monoisotopic (exact) mass is 386 g/mol. The number of nitrogens with zero attached hydrogens (tertiary/aromatic N) is 2. The Labute approximate surface area is 172 Å². The molecule has 0 amide bonds. The Morgan fingerprint density at radius 3 is 2.34 bits per heavy atom. The fraction of sp³-hybridized carbons (Fsp3) is 0.538. The van der Waals surface area contributed by atoms with Gasteiger partial charge in [-0.25, -0.2) is 0 Å². The third kappa shape index (κ3) is 1.78. The van der Waals surface area contributed by atoms with Gasteiger partial charge >= 0.3 is 0 Å². The number of benzene rings is 1. The van der Waals surface area contributed by atoms with Gasteiger partial charge in [0, 0.05) is 30.1 Å². The molecule has 0 saturated heterocycles. The van der Waals surface area contributed by atoms with E-state index in [9.17, 15) is 0 Å². The number of hydrogen-bond acceptors (Lipinski definition) is 2. The first-order valence-corrected chi connectivity index (χ1v) is 11.5. The maximum Gasteiger partial charge on any atom is 0.157 e. The van der Waals surface area contributed by atoms with Crippen molar-refractivity contribution in [1.29, 1.82) is 0 Å². The second-order valence-electron chi connectivity index (χ2n) is 10.4. The highest BCUT2D eigenvalue weighted by molar-refractivity contribution is 5.85. The van der Waals surface area contributed by atoms with E-state index in [4.69, 9.17) is 4.42 Å². The highest BCUT2D eigenvalue weighted by atomic mass is 16.3. The minimum absolute atomic E-state index is 0.103. The van der Waals surface area contributed by atoms with Crippen LogP contribution in [0.15, 0.2) is 41.0 Å². The van der Waals surface area contributed by atoms with E-state index in [1.165, 1.54) is 54.6 Å².